The Hall–Kier alpha value is -1.88. The Bertz CT molecular complexity index is 444. The SMILES string of the molecule is CC[N+]1(C(N)=O)NC(=O)c2ccccc21. The van der Waals surface area contributed by atoms with Crippen molar-refractivity contribution in [2.24, 2.45) is 5.73 Å². The maximum Gasteiger partial charge on any atom is 0.443 e. The van der Waals surface area contributed by atoms with Gasteiger partial charge in [-0.2, -0.15) is 5.43 Å². The number of carbonyl (C=O) groups excluding carboxylic acids is 2. The van der Waals surface area contributed by atoms with Crippen molar-refractivity contribution in [1.29, 1.82) is 0 Å². The molecular weight excluding hydrogens is 194 g/mol. The molecule has 1 unspecified atom stereocenters. The van der Waals surface area contributed by atoms with Crippen LogP contribution in [-0.2, 0) is 0 Å². The van der Waals surface area contributed by atoms with E-state index in [9.17, 15) is 9.59 Å². The highest BCUT2D eigenvalue weighted by Crippen LogP contribution is 2.30. The van der Waals surface area contributed by atoms with Crippen LogP contribution in [0.2, 0.25) is 0 Å². The fourth-order valence-corrected chi connectivity index (χ4v) is 1.87. The number of fused-ring (bicyclic) bond motifs is 1. The number of carbonyl (C=O) groups is 2. The van der Waals surface area contributed by atoms with E-state index in [1.807, 2.05) is 0 Å². The first-order valence-corrected chi connectivity index (χ1v) is 4.72. The summed E-state index contributed by atoms with van der Waals surface area (Å²) in [5.74, 6) is -0.258. The van der Waals surface area contributed by atoms with Gasteiger partial charge in [-0.05, 0) is 13.0 Å². The van der Waals surface area contributed by atoms with E-state index in [4.69, 9.17) is 5.73 Å². The first-order valence-electron chi connectivity index (χ1n) is 4.72. The number of nitrogens with one attached hydrogen (secondary N) is 1. The van der Waals surface area contributed by atoms with Gasteiger partial charge in [0.1, 0.15) is 12.1 Å². The zero-order valence-electron chi connectivity index (χ0n) is 8.36. The summed E-state index contributed by atoms with van der Waals surface area (Å²) in [5, 5.41) is 0. The molecule has 5 nitrogen and oxygen atoms in total. The number of amides is 3. The second-order valence-corrected chi connectivity index (χ2v) is 3.42. The van der Waals surface area contributed by atoms with E-state index >= 15 is 0 Å². The molecule has 0 saturated carbocycles. The topological polar surface area (TPSA) is 72.2 Å². The summed E-state index contributed by atoms with van der Waals surface area (Å²) >= 11 is 0. The van der Waals surface area contributed by atoms with Crippen LogP contribution in [0.15, 0.2) is 24.3 Å². The summed E-state index contributed by atoms with van der Waals surface area (Å²) < 4.78 is -0.297. The van der Waals surface area contributed by atoms with Crippen molar-refractivity contribution < 1.29 is 9.59 Å². The smallest absolute Gasteiger partial charge is 0.316 e. The van der Waals surface area contributed by atoms with Crippen LogP contribution < -0.4 is 15.8 Å². The normalized spacial score (nSPS) is 23.4. The lowest BCUT2D eigenvalue weighted by Crippen LogP contribution is -2.63. The molecule has 3 amide bonds. The van der Waals surface area contributed by atoms with Crippen LogP contribution in [0.25, 0.3) is 0 Å². The van der Waals surface area contributed by atoms with Gasteiger partial charge in [0.25, 0.3) is 0 Å². The Labute approximate surface area is 87.0 Å². The van der Waals surface area contributed by atoms with Crippen LogP contribution in [0.4, 0.5) is 10.5 Å². The molecule has 0 radical (unpaired) electrons. The maximum atomic E-state index is 11.6. The second-order valence-electron chi connectivity index (χ2n) is 3.42. The van der Waals surface area contributed by atoms with Gasteiger partial charge in [0.05, 0.1) is 0 Å². The molecule has 0 bridgehead atoms. The van der Waals surface area contributed by atoms with Gasteiger partial charge in [0, 0.05) is 6.07 Å². The third kappa shape index (κ3) is 1.13. The maximum absolute atomic E-state index is 11.6. The van der Waals surface area contributed by atoms with Crippen LogP contribution in [-0.4, -0.2) is 18.5 Å². The lowest BCUT2D eigenvalue weighted by molar-refractivity contribution is 0.0887. The Morgan fingerprint density at radius 3 is 2.73 bits per heavy atom. The van der Waals surface area contributed by atoms with E-state index in [0.717, 1.165) is 0 Å². The number of primary amides is 1. The highest BCUT2D eigenvalue weighted by molar-refractivity contribution is 6.08. The zero-order chi connectivity index (χ0) is 11.1. The van der Waals surface area contributed by atoms with Gasteiger partial charge >= 0.3 is 11.9 Å². The van der Waals surface area contributed by atoms with Crippen molar-refractivity contribution in [3.05, 3.63) is 29.8 Å². The van der Waals surface area contributed by atoms with Gasteiger partial charge in [-0.15, -0.1) is 4.59 Å². The van der Waals surface area contributed by atoms with E-state index in [1.165, 1.54) is 0 Å². The van der Waals surface area contributed by atoms with Gasteiger partial charge in [0.15, 0.2) is 5.69 Å². The quantitative estimate of drug-likeness (QED) is 0.665. The predicted molar refractivity (Wildman–Crippen MR) is 55.8 cm³/mol. The number of nitrogens with two attached hydrogens (primary N) is 1. The monoisotopic (exact) mass is 206 g/mol. The van der Waals surface area contributed by atoms with Crippen LogP contribution >= 0.6 is 0 Å². The summed E-state index contributed by atoms with van der Waals surface area (Å²) in [6.07, 6.45) is 0. The van der Waals surface area contributed by atoms with Gasteiger partial charge in [-0.1, -0.05) is 12.1 Å². The number of nitrogens with zero attached hydrogens (tertiary/aromatic N) is 1. The highest BCUT2D eigenvalue weighted by Gasteiger charge is 2.47. The number of rotatable bonds is 1. The van der Waals surface area contributed by atoms with E-state index in [-0.39, 0.29) is 10.5 Å². The minimum absolute atomic E-state index is 0.258. The molecule has 0 aliphatic carbocycles. The molecule has 1 heterocycles. The molecule has 1 aromatic carbocycles. The highest BCUT2D eigenvalue weighted by atomic mass is 16.2. The lowest BCUT2D eigenvalue weighted by atomic mass is 10.2. The Morgan fingerprint density at radius 2 is 2.13 bits per heavy atom. The van der Waals surface area contributed by atoms with Crippen LogP contribution in [0.1, 0.15) is 17.3 Å². The van der Waals surface area contributed by atoms with Gasteiger partial charge in [-0.3, -0.25) is 4.79 Å². The molecule has 15 heavy (non-hydrogen) atoms. The third-order valence-electron chi connectivity index (χ3n) is 2.70. The Kier molecular flexibility index (Phi) is 1.97. The number of hydrogen-bond donors (Lipinski definition) is 2. The van der Waals surface area contributed by atoms with Crippen LogP contribution in [0.3, 0.4) is 0 Å². The third-order valence-corrected chi connectivity index (χ3v) is 2.70. The fourth-order valence-electron chi connectivity index (χ4n) is 1.87. The Morgan fingerprint density at radius 1 is 1.47 bits per heavy atom. The molecule has 78 valence electrons. The average Bonchev–Trinajstić information content (AvgIpc) is 2.54. The molecule has 1 atom stereocenters. The molecule has 2 rings (SSSR count). The van der Waals surface area contributed by atoms with Gasteiger partial charge in [-0.25, -0.2) is 4.79 Å². The van der Waals surface area contributed by atoms with E-state index in [1.54, 1.807) is 31.2 Å². The molecular formula is C10H12N3O2+. The molecule has 1 aliphatic rings. The molecule has 0 fully saturated rings. The van der Waals surface area contributed by atoms with Crippen molar-refractivity contribution in [1.82, 2.24) is 10.0 Å². The molecule has 1 aromatic rings. The summed E-state index contributed by atoms with van der Waals surface area (Å²) in [5.41, 5.74) is 9.08. The zero-order valence-corrected chi connectivity index (χ0v) is 8.36. The summed E-state index contributed by atoms with van der Waals surface area (Å²) in [7, 11) is 0. The number of urea groups is 1. The summed E-state index contributed by atoms with van der Waals surface area (Å²) in [6.45, 7) is 2.20. The molecule has 0 saturated heterocycles. The van der Waals surface area contributed by atoms with E-state index < -0.39 is 6.03 Å². The number of hydrogen-bond acceptors (Lipinski definition) is 2. The van der Waals surface area contributed by atoms with Crippen LogP contribution in [0, 0.1) is 0 Å². The van der Waals surface area contributed by atoms with Crippen molar-refractivity contribution in [3.8, 4) is 0 Å². The molecule has 3 N–H and O–H groups in total. The first-order chi connectivity index (χ1) is 7.12. The molecule has 0 aromatic heterocycles. The second kappa shape index (κ2) is 3.06. The van der Waals surface area contributed by atoms with Crippen LogP contribution in [0.5, 0.6) is 0 Å². The fraction of sp³-hybridized carbons (Fsp3) is 0.200. The van der Waals surface area contributed by atoms with Gasteiger partial charge in [0.2, 0.25) is 0 Å². The predicted octanol–water partition coefficient (Wildman–Crippen LogP) is 0.751. The standard InChI is InChI=1S/C10H11N3O2/c1-2-13(10(11)15)8-6-4-3-5-7(8)9(14)12-13/h3-6H,2H2,1H3,(H2-,11,12,14,15)/p+1. The summed E-state index contributed by atoms with van der Waals surface area (Å²) in [6, 6.07) is 6.39. The minimum atomic E-state index is -0.573. The van der Waals surface area contributed by atoms with Crippen molar-refractivity contribution in [3.63, 3.8) is 0 Å². The minimum Gasteiger partial charge on any atom is -0.316 e. The van der Waals surface area contributed by atoms with Gasteiger partial charge < -0.3 is 5.73 Å². The largest absolute Gasteiger partial charge is 0.443 e. The first kappa shape index (κ1) is 9.67. The molecule has 0 spiro atoms. The number of quaternary nitrogens is 1. The average molecular weight is 206 g/mol. The number of para-hydroxylation sites is 1. The molecule has 5 heteroatoms. The van der Waals surface area contributed by atoms with E-state index in [2.05, 4.69) is 5.43 Å². The Balaban J connectivity index is 2.65. The van der Waals surface area contributed by atoms with Crippen molar-refractivity contribution in [2.75, 3.05) is 6.54 Å². The molecule has 1 aliphatic heterocycles. The summed E-state index contributed by atoms with van der Waals surface area (Å²) in [4.78, 5) is 23.1. The van der Waals surface area contributed by atoms with Crippen molar-refractivity contribution >= 4 is 17.6 Å². The number of benzene rings is 1. The van der Waals surface area contributed by atoms with E-state index in [0.29, 0.717) is 17.8 Å². The van der Waals surface area contributed by atoms with Crippen molar-refractivity contribution in [2.45, 2.75) is 6.92 Å². The lowest BCUT2D eigenvalue weighted by Gasteiger charge is -2.25.